The summed E-state index contributed by atoms with van der Waals surface area (Å²) in [5, 5.41) is 34.9. The maximum atomic E-state index is 13.7. The molecule has 8 atom stereocenters. The average Bonchev–Trinajstić information content (AvgIpc) is 3.21. The van der Waals surface area contributed by atoms with Gasteiger partial charge in [-0.1, -0.05) is 82.1 Å². The molecule has 0 aromatic carbocycles. The van der Waals surface area contributed by atoms with Crippen molar-refractivity contribution in [1.82, 2.24) is 42.1 Å². The number of nitrogens with two attached hydrogens (primary N) is 2. The number of hydrogen-bond donors (Lipinski definition) is 11. The zero-order chi connectivity index (χ0) is 48.0. The van der Waals surface area contributed by atoms with E-state index < -0.39 is 134 Å². The molecule has 0 radical (unpaired) electrons. The Morgan fingerprint density at radius 3 is 1.31 bits per heavy atom. The molecule has 0 aromatic heterocycles. The van der Waals surface area contributed by atoms with Crippen LogP contribution in [-0.2, 0) is 47.9 Å². The highest BCUT2D eigenvalue weighted by molar-refractivity contribution is 6.04. The summed E-state index contributed by atoms with van der Waals surface area (Å²) >= 11 is 0. The lowest BCUT2D eigenvalue weighted by atomic mass is 9.92. The number of aliphatic hydroxyl groups excluding tert-OH is 1. The molecule has 22 nitrogen and oxygen atoms in total. The predicted molar refractivity (Wildman–Crippen MR) is 227 cm³/mol. The van der Waals surface area contributed by atoms with Gasteiger partial charge in [0.05, 0.1) is 38.3 Å². The molecule has 0 aliphatic carbocycles. The largest absolute Gasteiger partial charge is 0.480 e. The predicted octanol–water partition coefficient (Wildman–Crippen LogP) is -2.80. The van der Waals surface area contributed by atoms with Gasteiger partial charge >= 0.3 is 5.97 Å². The molecule has 22 heteroatoms. The average molecular weight is 885 g/mol. The van der Waals surface area contributed by atoms with Gasteiger partial charge in [0.2, 0.25) is 53.2 Å². The number of carbonyl (C=O) groups is 10. The van der Waals surface area contributed by atoms with Gasteiger partial charge in [-0.2, -0.15) is 0 Å². The number of rotatable bonds is 28. The smallest absolute Gasteiger partial charge is 0.322 e. The standard InChI is InChI=1S/C40H72N10O12/c1-11-23(9)32(41)39(61)50(40(62)33(42)24(10)12-2)34(22(7)8)38(60)45-17-30(54)47-25(13-20(3)4)35(57)44-15-28(52)43-16-29(53)48-27(19-51)37(59)49-26(14-21(5)6)36(58)46-18-31(55)56/h20-27,32-34,51H,11-19,41-42H2,1-10H3,(H,43,52)(H,44,57)(H,45,60)(H,46,58)(H,47,54)(H,48,53)(H,49,59)(H,55,56)/t23-,24-,25-,26-,27-,32-,33-,34-/m0/s1. The quantitative estimate of drug-likeness (QED) is 0.0378. The minimum absolute atomic E-state index is 0.102. The Morgan fingerprint density at radius 1 is 0.516 bits per heavy atom. The number of amides is 9. The van der Waals surface area contributed by atoms with Crippen LogP contribution in [0.15, 0.2) is 0 Å². The SMILES string of the molecule is CC[C@H](C)[C@H](N)C(=O)N(C(=O)[C@@H](N)[C@@H](C)CC)[C@H](C(=O)NCC(=O)N[C@@H](CC(C)C)C(=O)NCC(=O)NCC(=O)N[C@@H](CO)C(=O)N[C@@H](CC(C)C)C(=O)NCC(=O)O)C(C)C. The van der Waals surface area contributed by atoms with Crippen LogP contribution in [0.25, 0.3) is 0 Å². The van der Waals surface area contributed by atoms with Crippen LogP contribution in [-0.4, -0.2) is 143 Å². The molecule has 354 valence electrons. The van der Waals surface area contributed by atoms with Crippen molar-refractivity contribution in [3.8, 4) is 0 Å². The van der Waals surface area contributed by atoms with Crippen LogP contribution < -0.4 is 48.7 Å². The van der Waals surface area contributed by atoms with E-state index in [0.717, 1.165) is 4.90 Å². The molecule has 0 bridgehead atoms. The van der Waals surface area contributed by atoms with Crippen molar-refractivity contribution in [3.05, 3.63) is 0 Å². The molecule has 9 amide bonds. The first-order valence-corrected chi connectivity index (χ1v) is 21.0. The topological polar surface area (TPSA) is 351 Å². The van der Waals surface area contributed by atoms with E-state index in [1.54, 1.807) is 55.4 Å². The summed E-state index contributed by atoms with van der Waals surface area (Å²) in [6.45, 7) is 14.0. The molecule has 0 rings (SSSR count). The van der Waals surface area contributed by atoms with Crippen LogP contribution in [0.4, 0.5) is 0 Å². The van der Waals surface area contributed by atoms with Crippen molar-refractivity contribution in [2.45, 2.75) is 131 Å². The molecular weight excluding hydrogens is 812 g/mol. The Labute approximate surface area is 363 Å². The highest BCUT2D eigenvalue weighted by Gasteiger charge is 2.42. The van der Waals surface area contributed by atoms with Crippen LogP contribution in [0.5, 0.6) is 0 Å². The molecule has 0 spiro atoms. The first-order chi connectivity index (χ1) is 28.8. The number of aliphatic hydroxyl groups is 1. The van der Waals surface area contributed by atoms with Crippen molar-refractivity contribution in [2.24, 2.45) is 41.1 Å². The van der Waals surface area contributed by atoms with E-state index in [1.165, 1.54) is 0 Å². The zero-order valence-electron chi connectivity index (χ0n) is 37.8. The lowest BCUT2D eigenvalue weighted by molar-refractivity contribution is -0.156. The van der Waals surface area contributed by atoms with E-state index in [0.29, 0.717) is 12.8 Å². The van der Waals surface area contributed by atoms with Crippen LogP contribution in [0.3, 0.4) is 0 Å². The molecule has 0 fully saturated rings. The van der Waals surface area contributed by atoms with E-state index >= 15 is 0 Å². The first kappa shape index (κ1) is 56.8. The number of carboxylic acid groups (broad SMARTS) is 1. The molecule has 13 N–H and O–H groups in total. The number of nitrogens with one attached hydrogen (secondary N) is 7. The van der Waals surface area contributed by atoms with Crippen molar-refractivity contribution >= 4 is 59.1 Å². The minimum atomic E-state index is -1.53. The third-order valence-corrected chi connectivity index (χ3v) is 9.98. The zero-order valence-corrected chi connectivity index (χ0v) is 37.8. The van der Waals surface area contributed by atoms with E-state index in [4.69, 9.17) is 16.6 Å². The maximum Gasteiger partial charge on any atom is 0.322 e. The van der Waals surface area contributed by atoms with Crippen LogP contribution in [0.1, 0.15) is 94.9 Å². The van der Waals surface area contributed by atoms with Gasteiger partial charge in [-0.25, -0.2) is 0 Å². The summed E-state index contributed by atoms with van der Waals surface area (Å²) in [7, 11) is 0. The Balaban J connectivity index is 5.60. The van der Waals surface area contributed by atoms with Crippen molar-refractivity contribution < 1.29 is 58.2 Å². The van der Waals surface area contributed by atoms with E-state index in [1.807, 2.05) is 13.8 Å². The molecule has 0 saturated heterocycles. The number of carboxylic acids is 1. The maximum absolute atomic E-state index is 13.7. The second-order valence-electron chi connectivity index (χ2n) is 16.6. The summed E-state index contributed by atoms with van der Waals surface area (Å²) in [6.07, 6.45) is 1.29. The monoisotopic (exact) mass is 885 g/mol. The van der Waals surface area contributed by atoms with E-state index in [9.17, 15) is 53.1 Å². The molecule has 0 aliphatic rings. The highest BCUT2D eigenvalue weighted by atomic mass is 16.4. The Hall–Kier alpha value is -5.22. The minimum Gasteiger partial charge on any atom is -0.480 e. The van der Waals surface area contributed by atoms with Crippen molar-refractivity contribution in [2.75, 3.05) is 32.8 Å². The number of carbonyl (C=O) groups excluding carboxylic acids is 9. The van der Waals surface area contributed by atoms with Gasteiger partial charge in [0.25, 0.3) is 0 Å². The molecule has 0 heterocycles. The Bertz CT molecular complexity index is 1530. The second-order valence-corrected chi connectivity index (χ2v) is 16.6. The van der Waals surface area contributed by atoms with E-state index in [-0.39, 0.29) is 36.5 Å². The van der Waals surface area contributed by atoms with Gasteiger partial charge < -0.3 is 58.9 Å². The first-order valence-electron chi connectivity index (χ1n) is 21.0. The summed E-state index contributed by atoms with van der Waals surface area (Å²) in [4.78, 5) is 129. The fourth-order valence-corrected chi connectivity index (χ4v) is 5.87. The summed E-state index contributed by atoms with van der Waals surface area (Å²) in [5.41, 5.74) is 12.5. The van der Waals surface area contributed by atoms with Crippen LogP contribution in [0.2, 0.25) is 0 Å². The number of nitrogens with zero attached hydrogens (tertiary/aromatic N) is 1. The van der Waals surface area contributed by atoms with Crippen LogP contribution in [0, 0.1) is 29.6 Å². The molecule has 0 saturated carbocycles. The number of imide groups is 1. The molecule has 62 heavy (non-hydrogen) atoms. The summed E-state index contributed by atoms with van der Waals surface area (Å²) < 4.78 is 0. The van der Waals surface area contributed by atoms with Gasteiger partial charge in [-0.05, 0) is 42.4 Å². The lowest BCUT2D eigenvalue weighted by Crippen LogP contribution is -2.63. The fourth-order valence-electron chi connectivity index (χ4n) is 5.87. The van der Waals surface area contributed by atoms with Crippen molar-refractivity contribution in [1.29, 1.82) is 0 Å². The Morgan fingerprint density at radius 2 is 0.903 bits per heavy atom. The lowest BCUT2D eigenvalue weighted by Gasteiger charge is -2.36. The van der Waals surface area contributed by atoms with Gasteiger partial charge in [0.1, 0.15) is 30.7 Å². The Kier molecular flexibility index (Phi) is 26.0. The summed E-state index contributed by atoms with van der Waals surface area (Å²) in [6, 6.07) is -7.47. The highest BCUT2D eigenvalue weighted by Crippen LogP contribution is 2.20. The number of hydrogen-bond acceptors (Lipinski definition) is 13. The third-order valence-electron chi connectivity index (χ3n) is 9.98. The summed E-state index contributed by atoms with van der Waals surface area (Å²) in [5.74, 6) is -10.2. The van der Waals surface area contributed by atoms with Crippen LogP contribution >= 0.6 is 0 Å². The van der Waals surface area contributed by atoms with Crippen molar-refractivity contribution in [3.63, 3.8) is 0 Å². The van der Waals surface area contributed by atoms with Gasteiger partial charge in [0.15, 0.2) is 0 Å². The van der Waals surface area contributed by atoms with Gasteiger partial charge in [-0.15, -0.1) is 0 Å². The fraction of sp³-hybridized carbons (Fsp3) is 0.750. The van der Waals surface area contributed by atoms with Gasteiger partial charge in [-0.3, -0.25) is 52.8 Å². The molecule has 0 aromatic rings. The molecule has 0 aliphatic heterocycles. The van der Waals surface area contributed by atoms with E-state index in [2.05, 4.69) is 37.2 Å². The third kappa shape index (κ3) is 20.1. The van der Waals surface area contributed by atoms with Gasteiger partial charge in [0, 0.05) is 0 Å². The number of aliphatic carboxylic acids is 1. The second kappa shape index (κ2) is 28.4. The molecular formula is C40H72N10O12. The normalized spacial score (nSPS) is 15.1. The molecule has 0 unspecified atom stereocenters.